The number of hydrogen-bond acceptors (Lipinski definition) is 2. The lowest BCUT2D eigenvalue weighted by molar-refractivity contribution is 0.119. The van der Waals surface area contributed by atoms with Gasteiger partial charge in [-0.1, -0.05) is 25.3 Å². The Morgan fingerprint density at radius 2 is 2.00 bits per heavy atom. The molecule has 2 nitrogen and oxygen atoms in total. The second-order valence-electron chi connectivity index (χ2n) is 5.10. The van der Waals surface area contributed by atoms with Crippen molar-refractivity contribution in [1.29, 1.82) is 0 Å². The van der Waals surface area contributed by atoms with Crippen LogP contribution in [0.15, 0.2) is 22.7 Å². The van der Waals surface area contributed by atoms with Crippen molar-refractivity contribution in [2.75, 3.05) is 6.61 Å². The van der Waals surface area contributed by atoms with Crippen LogP contribution in [0.5, 0.6) is 0 Å². The summed E-state index contributed by atoms with van der Waals surface area (Å²) in [7, 11) is 0. The molecule has 1 aromatic rings. The molecule has 0 heterocycles. The van der Waals surface area contributed by atoms with Gasteiger partial charge >= 0.3 is 0 Å². The van der Waals surface area contributed by atoms with Crippen molar-refractivity contribution in [2.24, 2.45) is 0 Å². The minimum absolute atomic E-state index is 0.140. The summed E-state index contributed by atoms with van der Waals surface area (Å²) in [4.78, 5) is 0. The van der Waals surface area contributed by atoms with E-state index >= 15 is 0 Å². The first-order chi connectivity index (χ1) is 8.65. The first kappa shape index (κ1) is 14.0. The molecule has 0 bridgehead atoms. The van der Waals surface area contributed by atoms with Crippen molar-refractivity contribution in [1.82, 2.24) is 5.32 Å². The van der Waals surface area contributed by atoms with Gasteiger partial charge in [0.25, 0.3) is 0 Å². The topological polar surface area (TPSA) is 32.3 Å². The third-order valence-corrected chi connectivity index (χ3v) is 4.37. The fraction of sp³-hybridized carbons (Fsp3) is 0.571. The molecule has 0 aliphatic heterocycles. The van der Waals surface area contributed by atoms with Gasteiger partial charge in [-0.15, -0.1) is 0 Å². The van der Waals surface area contributed by atoms with Gasteiger partial charge in [-0.05, 0) is 46.5 Å². The van der Waals surface area contributed by atoms with E-state index in [1.54, 1.807) is 12.1 Å². The number of halogens is 2. The molecular formula is C14H19BrFNO. The first-order valence-corrected chi connectivity index (χ1v) is 7.24. The molecule has 100 valence electrons. The summed E-state index contributed by atoms with van der Waals surface area (Å²) >= 11 is 3.19. The van der Waals surface area contributed by atoms with Gasteiger partial charge in [0.1, 0.15) is 5.82 Å². The number of benzene rings is 1. The average Bonchev–Trinajstić information content (AvgIpc) is 2.41. The molecule has 1 aromatic carbocycles. The Morgan fingerprint density at radius 1 is 1.28 bits per heavy atom. The summed E-state index contributed by atoms with van der Waals surface area (Å²) in [5, 5.41) is 13.0. The van der Waals surface area contributed by atoms with Gasteiger partial charge in [-0.25, -0.2) is 4.39 Å². The third-order valence-electron chi connectivity index (χ3n) is 3.76. The van der Waals surface area contributed by atoms with Crippen molar-refractivity contribution in [3.63, 3.8) is 0 Å². The monoisotopic (exact) mass is 315 g/mol. The zero-order valence-corrected chi connectivity index (χ0v) is 12.0. The van der Waals surface area contributed by atoms with Crippen molar-refractivity contribution >= 4 is 15.9 Å². The summed E-state index contributed by atoms with van der Waals surface area (Å²) < 4.78 is 13.6. The molecule has 2 rings (SSSR count). The van der Waals surface area contributed by atoms with Gasteiger partial charge in [-0.3, -0.25) is 0 Å². The van der Waals surface area contributed by atoms with E-state index in [2.05, 4.69) is 21.2 Å². The van der Waals surface area contributed by atoms with Gasteiger partial charge < -0.3 is 10.4 Å². The number of aliphatic hydroxyl groups is 1. The van der Waals surface area contributed by atoms with E-state index in [-0.39, 0.29) is 18.0 Å². The Labute approximate surface area is 116 Å². The molecule has 0 radical (unpaired) electrons. The predicted molar refractivity (Wildman–Crippen MR) is 73.8 cm³/mol. The highest BCUT2D eigenvalue weighted by molar-refractivity contribution is 9.10. The Kier molecular flexibility index (Phi) is 4.76. The van der Waals surface area contributed by atoms with E-state index in [9.17, 15) is 9.50 Å². The average molecular weight is 316 g/mol. The number of rotatable bonds is 4. The summed E-state index contributed by atoms with van der Waals surface area (Å²) in [5.41, 5.74) is 0.890. The van der Waals surface area contributed by atoms with Crippen LogP contribution in [0.1, 0.15) is 37.7 Å². The Bertz CT molecular complexity index is 405. The van der Waals surface area contributed by atoms with Gasteiger partial charge in [0.2, 0.25) is 0 Å². The second kappa shape index (κ2) is 6.13. The first-order valence-electron chi connectivity index (χ1n) is 6.45. The second-order valence-corrected chi connectivity index (χ2v) is 5.96. The Balaban J connectivity index is 1.98. The lowest BCUT2D eigenvalue weighted by atomic mass is 9.82. The van der Waals surface area contributed by atoms with Crippen molar-refractivity contribution < 1.29 is 9.50 Å². The molecule has 0 atom stereocenters. The van der Waals surface area contributed by atoms with Crippen LogP contribution in [0.3, 0.4) is 0 Å². The quantitative estimate of drug-likeness (QED) is 0.892. The molecule has 0 saturated heterocycles. The minimum Gasteiger partial charge on any atom is -0.394 e. The highest BCUT2D eigenvalue weighted by atomic mass is 79.9. The van der Waals surface area contributed by atoms with E-state index in [1.807, 2.05) is 0 Å². The zero-order chi connectivity index (χ0) is 13.0. The molecule has 0 spiro atoms. The molecule has 2 N–H and O–H groups in total. The highest BCUT2D eigenvalue weighted by Gasteiger charge is 2.30. The molecular weight excluding hydrogens is 297 g/mol. The van der Waals surface area contributed by atoms with Gasteiger partial charge in [0, 0.05) is 12.1 Å². The zero-order valence-electron chi connectivity index (χ0n) is 10.4. The van der Waals surface area contributed by atoms with Crippen LogP contribution in [-0.2, 0) is 6.54 Å². The molecule has 1 fully saturated rings. The lowest BCUT2D eigenvalue weighted by Crippen LogP contribution is -2.49. The van der Waals surface area contributed by atoms with E-state index in [0.717, 1.165) is 18.4 Å². The molecule has 1 saturated carbocycles. The minimum atomic E-state index is -0.242. The van der Waals surface area contributed by atoms with E-state index in [0.29, 0.717) is 11.0 Å². The summed E-state index contributed by atoms with van der Waals surface area (Å²) in [6.45, 7) is 0.842. The molecule has 0 amide bonds. The van der Waals surface area contributed by atoms with E-state index < -0.39 is 0 Å². The molecule has 1 aliphatic rings. The Hall–Kier alpha value is -0.450. The number of nitrogens with one attached hydrogen (secondary N) is 1. The fourth-order valence-corrected chi connectivity index (χ4v) is 2.98. The van der Waals surface area contributed by atoms with Crippen LogP contribution in [-0.4, -0.2) is 17.3 Å². The molecule has 4 heteroatoms. The van der Waals surface area contributed by atoms with E-state index in [4.69, 9.17) is 0 Å². The maximum Gasteiger partial charge on any atom is 0.137 e. The van der Waals surface area contributed by atoms with Crippen LogP contribution >= 0.6 is 15.9 Å². The maximum absolute atomic E-state index is 13.1. The van der Waals surface area contributed by atoms with Crippen molar-refractivity contribution in [3.05, 3.63) is 34.1 Å². The summed E-state index contributed by atoms with van der Waals surface area (Å²) in [6.07, 6.45) is 5.63. The normalized spacial score (nSPS) is 18.8. The van der Waals surface area contributed by atoms with Gasteiger partial charge in [0.15, 0.2) is 0 Å². The van der Waals surface area contributed by atoms with Gasteiger partial charge in [-0.2, -0.15) is 0 Å². The van der Waals surface area contributed by atoms with E-state index in [1.165, 1.54) is 25.3 Å². The largest absolute Gasteiger partial charge is 0.394 e. The fourth-order valence-electron chi connectivity index (χ4n) is 2.56. The maximum atomic E-state index is 13.1. The SMILES string of the molecule is OCC1(NCc2ccc(F)c(Br)c2)CCCCC1. The van der Waals surface area contributed by atoms with Crippen LogP contribution in [0, 0.1) is 5.82 Å². The van der Waals surface area contributed by atoms with Crippen LogP contribution in [0.4, 0.5) is 4.39 Å². The van der Waals surface area contributed by atoms with Crippen LogP contribution in [0.2, 0.25) is 0 Å². The molecule has 0 aromatic heterocycles. The third kappa shape index (κ3) is 3.31. The van der Waals surface area contributed by atoms with Gasteiger partial charge in [0.05, 0.1) is 11.1 Å². The highest BCUT2D eigenvalue weighted by Crippen LogP contribution is 2.28. The standard InChI is InChI=1S/C14H19BrFNO/c15-12-8-11(4-5-13(12)16)9-17-14(10-18)6-2-1-3-7-14/h4-5,8,17-18H,1-3,6-7,9-10H2. The lowest BCUT2D eigenvalue weighted by Gasteiger charge is -2.36. The van der Waals surface area contributed by atoms with Crippen LogP contribution < -0.4 is 5.32 Å². The number of aliphatic hydroxyl groups excluding tert-OH is 1. The molecule has 18 heavy (non-hydrogen) atoms. The Morgan fingerprint density at radius 3 is 2.61 bits per heavy atom. The van der Waals surface area contributed by atoms with Crippen molar-refractivity contribution in [3.8, 4) is 0 Å². The predicted octanol–water partition coefficient (Wildman–Crippen LogP) is 3.37. The summed E-state index contributed by atoms with van der Waals surface area (Å²) in [6, 6.07) is 5.03. The molecule has 0 unspecified atom stereocenters. The smallest absolute Gasteiger partial charge is 0.137 e. The summed E-state index contributed by atoms with van der Waals surface area (Å²) in [5.74, 6) is -0.242. The van der Waals surface area contributed by atoms with Crippen LogP contribution in [0.25, 0.3) is 0 Å². The molecule has 1 aliphatic carbocycles. The van der Waals surface area contributed by atoms with Crippen molar-refractivity contribution in [2.45, 2.75) is 44.2 Å². The number of hydrogen-bond donors (Lipinski definition) is 2.